The molecule has 1 atom stereocenters. The first-order valence-electron chi connectivity index (χ1n) is 15.1. The molecule has 4 rings (SSSR count). The van der Waals surface area contributed by atoms with Crippen LogP contribution in [0.25, 0.3) is 10.9 Å². The number of hydrogen-bond acceptors (Lipinski definition) is 3. The molecule has 0 aliphatic carbocycles. The van der Waals surface area contributed by atoms with Crippen molar-refractivity contribution in [3.8, 4) is 0 Å². The van der Waals surface area contributed by atoms with Gasteiger partial charge in [-0.3, -0.25) is 9.59 Å². The van der Waals surface area contributed by atoms with Gasteiger partial charge in [-0.25, -0.2) is 0 Å². The first kappa shape index (κ1) is 30.1. The second kappa shape index (κ2) is 16.4. The zero-order valence-electron chi connectivity index (χ0n) is 24.4. The Hall–Kier alpha value is -3.86. The number of nitrogens with one attached hydrogen (secondary N) is 1. The number of fused-ring (bicyclic) bond motifs is 1. The smallest absolute Gasteiger partial charge is 0.305 e. The predicted molar refractivity (Wildman–Crippen MR) is 167 cm³/mol. The van der Waals surface area contributed by atoms with Crippen LogP contribution in [0, 0.1) is 0 Å². The summed E-state index contributed by atoms with van der Waals surface area (Å²) in [4.78, 5) is 24.9. The molecule has 0 radical (unpaired) electrons. The minimum atomic E-state index is -0.244. The molecule has 5 nitrogen and oxygen atoms in total. The number of methoxy groups -OCH3 is 1. The Morgan fingerprint density at radius 1 is 0.756 bits per heavy atom. The monoisotopic (exact) mass is 552 g/mol. The molecule has 4 aromatic rings. The number of aromatic nitrogens is 1. The lowest BCUT2D eigenvalue weighted by Crippen LogP contribution is -2.36. The number of esters is 1. The number of ether oxygens (including phenoxy) is 1. The van der Waals surface area contributed by atoms with E-state index in [1.807, 2.05) is 6.07 Å². The number of para-hydroxylation sites is 1. The van der Waals surface area contributed by atoms with Crippen molar-refractivity contribution in [3.05, 3.63) is 108 Å². The molecule has 0 saturated carbocycles. The van der Waals surface area contributed by atoms with Gasteiger partial charge >= 0.3 is 5.97 Å². The van der Waals surface area contributed by atoms with Gasteiger partial charge in [0, 0.05) is 42.5 Å². The Kier molecular flexibility index (Phi) is 12.1. The molecule has 1 N–H and O–H groups in total. The molecule has 216 valence electrons. The minimum absolute atomic E-state index is 0.0644. The van der Waals surface area contributed by atoms with E-state index < -0.39 is 0 Å². The number of amides is 1. The quantitative estimate of drug-likeness (QED) is 0.109. The van der Waals surface area contributed by atoms with Gasteiger partial charge in [0.2, 0.25) is 5.91 Å². The van der Waals surface area contributed by atoms with Gasteiger partial charge in [0.25, 0.3) is 0 Å². The molecule has 0 spiro atoms. The van der Waals surface area contributed by atoms with Gasteiger partial charge < -0.3 is 14.6 Å². The summed E-state index contributed by atoms with van der Waals surface area (Å²) < 4.78 is 7.23. The van der Waals surface area contributed by atoms with E-state index in [1.165, 1.54) is 34.7 Å². The number of carbonyl (C=O) groups is 2. The fraction of sp³-hybridized carbons (Fsp3) is 0.389. The van der Waals surface area contributed by atoms with Gasteiger partial charge in [0.05, 0.1) is 7.11 Å². The maximum absolute atomic E-state index is 12.9. The molecule has 1 amide bonds. The molecule has 0 saturated heterocycles. The van der Waals surface area contributed by atoms with Gasteiger partial charge in [-0.05, 0) is 67.7 Å². The van der Waals surface area contributed by atoms with Crippen LogP contribution in [-0.2, 0) is 40.1 Å². The van der Waals surface area contributed by atoms with Crippen molar-refractivity contribution in [1.82, 2.24) is 9.88 Å². The van der Waals surface area contributed by atoms with Crippen molar-refractivity contribution in [3.63, 3.8) is 0 Å². The molecular weight excluding hydrogens is 508 g/mol. The summed E-state index contributed by atoms with van der Waals surface area (Å²) in [6.45, 7) is 0.929. The van der Waals surface area contributed by atoms with Gasteiger partial charge in [0.1, 0.15) is 0 Å². The molecule has 1 heterocycles. The third-order valence-electron chi connectivity index (χ3n) is 7.80. The van der Waals surface area contributed by atoms with Crippen LogP contribution >= 0.6 is 0 Å². The molecule has 41 heavy (non-hydrogen) atoms. The molecule has 0 unspecified atom stereocenters. The topological polar surface area (TPSA) is 60.3 Å². The number of nitrogens with zero attached hydrogens (tertiary/aromatic N) is 1. The first-order chi connectivity index (χ1) is 20.1. The maximum atomic E-state index is 12.9. The van der Waals surface area contributed by atoms with E-state index in [1.54, 1.807) is 0 Å². The average molecular weight is 553 g/mol. The fourth-order valence-electron chi connectivity index (χ4n) is 5.57. The number of rotatable bonds is 17. The molecule has 0 fully saturated rings. The van der Waals surface area contributed by atoms with Crippen LogP contribution in [0.3, 0.4) is 0 Å². The van der Waals surface area contributed by atoms with E-state index in [0.29, 0.717) is 19.3 Å². The normalized spacial score (nSPS) is 11.8. The summed E-state index contributed by atoms with van der Waals surface area (Å²) in [6.07, 6.45) is 11.6. The van der Waals surface area contributed by atoms with Crippen molar-refractivity contribution in [1.29, 1.82) is 0 Å². The number of aryl methyl sites for hydroxylation is 3. The van der Waals surface area contributed by atoms with E-state index in [0.717, 1.165) is 51.5 Å². The van der Waals surface area contributed by atoms with Gasteiger partial charge in [-0.15, -0.1) is 0 Å². The number of carbonyl (C=O) groups excluding carboxylic acids is 2. The SMILES string of the molecule is COC(=O)CC[C@@H](Cc1cn(CCCc2ccccc2)c2ccccc12)NC(=O)CCCCCCc1ccccc1. The summed E-state index contributed by atoms with van der Waals surface area (Å²) in [7, 11) is 1.41. The number of hydrogen-bond donors (Lipinski definition) is 1. The van der Waals surface area contributed by atoms with Gasteiger partial charge in [-0.1, -0.05) is 91.7 Å². The van der Waals surface area contributed by atoms with E-state index in [9.17, 15) is 9.59 Å². The van der Waals surface area contributed by atoms with E-state index >= 15 is 0 Å². The summed E-state index contributed by atoms with van der Waals surface area (Å²) in [6, 6.07) is 29.5. The highest BCUT2D eigenvalue weighted by molar-refractivity contribution is 5.84. The van der Waals surface area contributed by atoms with Gasteiger partial charge in [0.15, 0.2) is 0 Å². The second-order valence-corrected chi connectivity index (χ2v) is 10.9. The van der Waals surface area contributed by atoms with Crippen molar-refractivity contribution in [2.45, 2.75) is 83.2 Å². The Bertz CT molecular complexity index is 1350. The Morgan fingerprint density at radius 3 is 2.10 bits per heavy atom. The summed E-state index contributed by atoms with van der Waals surface area (Å²) in [5.74, 6) is -0.180. The van der Waals surface area contributed by atoms with Crippen molar-refractivity contribution < 1.29 is 14.3 Å². The van der Waals surface area contributed by atoms with Crippen molar-refractivity contribution >= 4 is 22.8 Å². The molecule has 3 aromatic carbocycles. The van der Waals surface area contributed by atoms with Crippen molar-refractivity contribution in [2.75, 3.05) is 7.11 Å². The highest BCUT2D eigenvalue weighted by Gasteiger charge is 2.18. The number of benzene rings is 3. The average Bonchev–Trinajstić information content (AvgIpc) is 3.35. The van der Waals surface area contributed by atoms with Crippen LogP contribution in [0.5, 0.6) is 0 Å². The Balaban J connectivity index is 1.32. The van der Waals surface area contributed by atoms with Crippen LogP contribution in [0.15, 0.2) is 91.1 Å². The molecule has 1 aromatic heterocycles. The molecule has 0 aliphatic rings. The van der Waals surface area contributed by atoms with E-state index in [4.69, 9.17) is 4.74 Å². The molecule has 0 bridgehead atoms. The van der Waals surface area contributed by atoms with Crippen LogP contribution in [0.2, 0.25) is 0 Å². The standard InChI is InChI=1S/C36H44N2O3/c1-41-36(40)25-24-32(37-35(39)23-11-3-2-6-15-29-16-7-4-8-17-29)27-31-28-38(34-22-13-12-21-33(31)34)26-14-20-30-18-9-5-10-19-30/h4-5,7-10,12-13,16-19,21-22,28,32H,2-3,6,11,14-15,20,23-27H2,1H3,(H,37,39)/t32-/m0/s1. The third-order valence-corrected chi connectivity index (χ3v) is 7.80. The predicted octanol–water partition coefficient (Wildman–Crippen LogP) is 7.45. The highest BCUT2D eigenvalue weighted by Crippen LogP contribution is 2.24. The Morgan fingerprint density at radius 2 is 1.39 bits per heavy atom. The molecular formula is C36H44N2O3. The summed E-state index contributed by atoms with van der Waals surface area (Å²) in [5.41, 5.74) is 5.14. The Labute approximate surface area is 244 Å². The first-order valence-corrected chi connectivity index (χ1v) is 15.1. The third kappa shape index (κ3) is 9.93. The van der Waals surface area contributed by atoms with Gasteiger partial charge in [-0.2, -0.15) is 0 Å². The lowest BCUT2D eigenvalue weighted by atomic mass is 10.0. The summed E-state index contributed by atoms with van der Waals surface area (Å²) in [5, 5.41) is 4.46. The zero-order chi connectivity index (χ0) is 28.7. The zero-order valence-corrected chi connectivity index (χ0v) is 24.4. The van der Waals surface area contributed by atoms with Crippen LogP contribution in [0.4, 0.5) is 0 Å². The van der Waals surface area contributed by atoms with Crippen molar-refractivity contribution in [2.24, 2.45) is 0 Å². The van der Waals surface area contributed by atoms with Crippen LogP contribution in [0.1, 0.15) is 68.1 Å². The largest absolute Gasteiger partial charge is 0.469 e. The molecule has 0 aliphatic heterocycles. The van der Waals surface area contributed by atoms with Crippen LogP contribution in [-0.4, -0.2) is 29.6 Å². The summed E-state index contributed by atoms with van der Waals surface area (Å²) >= 11 is 0. The fourth-order valence-corrected chi connectivity index (χ4v) is 5.57. The lowest BCUT2D eigenvalue weighted by Gasteiger charge is -2.18. The molecule has 5 heteroatoms. The number of unbranched alkanes of at least 4 members (excludes halogenated alkanes) is 3. The maximum Gasteiger partial charge on any atom is 0.305 e. The lowest BCUT2D eigenvalue weighted by molar-refractivity contribution is -0.141. The van der Waals surface area contributed by atoms with E-state index in [-0.39, 0.29) is 24.3 Å². The minimum Gasteiger partial charge on any atom is -0.469 e. The van der Waals surface area contributed by atoms with Crippen LogP contribution < -0.4 is 5.32 Å². The second-order valence-electron chi connectivity index (χ2n) is 10.9. The van der Waals surface area contributed by atoms with E-state index in [2.05, 4.69) is 94.9 Å². The highest BCUT2D eigenvalue weighted by atomic mass is 16.5.